The van der Waals surface area contributed by atoms with Crippen LogP contribution in [0.15, 0.2) is 52.2 Å². The number of nitro groups is 1. The molecule has 0 bridgehead atoms. The molecule has 0 saturated carbocycles. The Morgan fingerprint density at radius 2 is 2.09 bits per heavy atom. The van der Waals surface area contributed by atoms with E-state index in [-0.39, 0.29) is 40.2 Å². The minimum absolute atomic E-state index is 0.0269. The smallest absolute Gasteiger partial charge is 0.294 e. The van der Waals surface area contributed by atoms with Gasteiger partial charge in [0.15, 0.2) is 17.2 Å². The SMILES string of the molecule is CCOc1cc(/C=N/NC(=O)c2nnn(-c3nonc3N)c2-c2ccc([N+](=O)[O-])cc2)ccc1O. The van der Waals surface area contributed by atoms with Crippen LogP contribution >= 0.6 is 0 Å². The lowest BCUT2D eigenvalue weighted by Gasteiger charge is -2.06. The summed E-state index contributed by atoms with van der Waals surface area (Å²) in [5.41, 5.74) is 8.81. The molecular weight excluding hydrogens is 462 g/mol. The fourth-order valence-corrected chi connectivity index (χ4v) is 3.02. The number of hydrogen-bond acceptors (Lipinski definition) is 12. The monoisotopic (exact) mass is 479 g/mol. The average Bonchev–Trinajstić information content (AvgIpc) is 3.47. The van der Waals surface area contributed by atoms with E-state index < -0.39 is 10.8 Å². The van der Waals surface area contributed by atoms with E-state index in [0.717, 1.165) is 4.68 Å². The van der Waals surface area contributed by atoms with E-state index in [1.165, 1.54) is 36.5 Å². The standard InChI is InChI=1S/C20H17N9O6/c1-2-34-15-9-11(3-8-14(15)30)10-22-24-20(31)16-17(12-4-6-13(7-5-12)29(32)33)28(27-23-16)19-18(21)25-35-26-19/h3-10,30H,2H2,1H3,(H2,21,25)(H,24,31)/b22-10+. The summed E-state index contributed by atoms with van der Waals surface area (Å²) in [4.78, 5) is 23.3. The first-order valence-corrected chi connectivity index (χ1v) is 9.97. The molecule has 0 unspecified atom stereocenters. The third-order valence-electron chi connectivity index (χ3n) is 4.60. The number of non-ortho nitro benzene ring substituents is 1. The molecule has 15 heteroatoms. The highest BCUT2D eigenvalue weighted by Crippen LogP contribution is 2.28. The number of nitrogens with one attached hydrogen (secondary N) is 1. The Morgan fingerprint density at radius 3 is 2.74 bits per heavy atom. The van der Waals surface area contributed by atoms with Gasteiger partial charge in [0.2, 0.25) is 11.6 Å². The number of amides is 1. The highest BCUT2D eigenvalue weighted by molar-refractivity contribution is 5.99. The molecule has 4 aromatic rings. The van der Waals surface area contributed by atoms with Gasteiger partial charge in [0, 0.05) is 17.7 Å². The van der Waals surface area contributed by atoms with Gasteiger partial charge in [-0.15, -0.1) is 5.10 Å². The lowest BCUT2D eigenvalue weighted by atomic mass is 10.1. The number of phenolic OH excluding ortho intramolecular Hbond substituents is 1. The molecule has 178 valence electrons. The quantitative estimate of drug-likeness (QED) is 0.188. The molecule has 4 rings (SSSR count). The Morgan fingerprint density at radius 1 is 1.31 bits per heavy atom. The number of aromatic hydroxyl groups is 1. The number of carbonyl (C=O) groups is 1. The van der Waals surface area contributed by atoms with E-state index in [9.17, 15) is 20.0 Å². The Balaban J connectivity index is 1.65. The topological polar surface area (TPSA) is 210 Å². The van der Waals surface area contributed by atoms with Crippen LogP contribution in [0.3, 0.4) is 0 Å². The van der Waals surface area contributed by atoms with Crippen LogP contribution in [-0.4, -0.2) is 54.1 Å². The maximum atomic E-state index is 12.9. The van der Waals surface area contributed by atoms with Gasteiger partial charge in [-0.05, 0) is 53.1 Å². The predicted octanol–water partition coefficient (Wildman–Crippen LogP) is 1.68. The highest BCUT2D eigenvalue weighted by Gasteiger charge is 2.25. The van der Waals surface area contributed by atoms with Crippen molar-refractivity contribution in [1.29, 1.82) is 0 Å². The van der Waals surface area contributed by atoms with Gasteiger partial charge < -0.3 is 15.6 Å². The number of hydrazone groups is 1. The van der Waals surface area contributed by atoms with Crippen molar-refractivity contribution in [2.75, 3.05) is 12.3 Å². The number of phenols is 1. The van der Waals surface area contributed by atoms with Gasteiger partial charge in [-0.25, -0.2) is 10.1 Å². The zero-order chi connectivity index (χ0) is 24.9. The number of nitro benzene ring substituents is 1. The van der Waals surface area contributed by atoms with Crippen molar-refractivity contribution in [2.45, 2.75) is 6.92 Å². The summed E-state index contributed by atoms with van der Waals surface area (Å²) in [5, 5.41) is 39.7. The molecule has 15 nitrogen and oxygen atoms in total. The minimum Gasteiger partial charge on any atom is -0.504 e. The summed E-state index contributed by atoms with van der Waals surface area (Å²) < 4.78 is 11.0. The van der Waals surface area contributed by atoms with Gasteiger partial charge >= 0.3 is 0 Å². The van der Waals surface area contributed by atoms with Crippen molar-refractivity contribution >= 4 is 23.6 Å². The average molecular weight is 479 g/mol. The highest BCUT2D eigenvalue weighted by atomic mass is 16.6. The molecule has 0 saturated heterocycles. The van der Waals surface area contributed by atoms with Crippen molar-refractivity contribution in [3.8, 4) is 28.6 Å². The molecule has 2 aromatic carbocycles. The van der Waals surface area contributed by atoms with Crippen LogP contribution in [0.25, 0.3) is 17.1 Å². The second-order valence-corrected chi connectivity index (χ2v) is 6.83. The van der Waals surface area contributed by atoms with E-state index in [4.69, 9.17) is 10.5 Å². The van der Waals surface area contributed by atoms with Crippen molar-refractivity contribution in [2.24, 2.45) is 5.10 Å². The Kier molecular flexibility index (Phi) is 6.30. The first-order chi connectivity index (χ1) is 16.9. The number of benzene rings is 2. The molecule has 0 aliphatic rings. The maximum absolute atomic E-state index is 12.9. The van der Waals surface area contributed by atoms with Crippen LogP contribution in [0.4, 0.5) is 11.5 Å². The fraction of sp³-hybridized carbons (Fsp3) is 0.100. The predicted molar refractivity (Wildman–Crippen MR) is 120 cm³/mol. The van der Waals surface area contributed by atoms with Crippen LogP contribution in [0.2, 0.25) is 0 Å². The Labute approximate surface area is 195 Å². The summed E-state index contributed by atoms with van der Waals surface area (Å²) in [7, 11) is 0. The van der Waals surface area contributed by atoms with E-state index in [1.807, 2.05) is 0 Å². The van der Waals surface area contributed by atoms with Crippen LogP contribution < -0.4 is 15.9 Å². The van der Waals surface area contributed by atoms with Crippen LogP contribution in [0.5, 0.6) is 11.5 Å². The summed E-state index contributed by atoms with van der Waals surface area (Å²) in [6.07, 6.45) is 1.34. The molecule has 2 heterocycles. The largest absolute Gasteiger partial charge is 0.504 e. The molecule has 0 fully saturated rings. The number of rotatable bonds is 8. The molecule has 0 spiro atoms. The van der Waals surface area contributed by atoms with Gasteiger partial charge in [0.05, 0.1) is 17.7 Å². The van der Waals surface area contributed by atoms with Gasteiger partial charge in [-0.3, -0.25) is 14.9 Å². The number of anilines is 1. The first kappa shape index (κ1) is 22.8. The molecule has 4 N–H and O–H groups in total. The lowest BCUT2D eigenvalue weighted by molar-refractivity contribution is -0.384. The summed E-state index contributed by atoms with van der Waals surface area (Å²) in [6.45, 7) is 2.14. The van der Waals surface area contributed by atoms with Crippen LogP contribution in [0, 0.1) is 10.1 Å². The molecule has 35 heavy (non-hydrogen) atoms. The van der Waals surface area contributed by atoms with Gasteiger partial charge in [-0.1, -0.05) is 5.21 Å². The lowest BCUT2D eigenvalue weighted by Crippen LogP contribution is -2.19. The molecule has 0 atom stereocenters. The third-order valence-corrected chi connectivity index (χ3v) is 4.60. The number of nitrogens with two attached hydrogens (primary N) is 1. The molecule has 2 aromatic heterocycles. The van der Waals surface area contributed by atoms with E-state index >= 15 is 0 Å². The zero-order valence-corrected chi connectivity index (χ0v) is 18.0. The van der Waals surface area contributed by atoms with Crippen molar-refractivity contribution in [1.82, 2.24) is 30.7 Å². The normalized spacial score (nSPS) is 11.0. The first-order valence-electron chi connectivity index (χ1n) is 9.97. The molecule has 0 radical (unpaired) electrons. The van der Waals surface area contributed by atoms with Gasteiger partial charge in [0.1, 0.15) is 5.69 Å². The van der Waals surface area contributed by atoms with Gasteiger partial charge in [-0.2, -0.15) is 9.78 Å². The minimum atomic E-state index is -0.736. The van der Waals surface area contributed by atoms with Crippen LogP contribution in [0.1, 0.15) is 23.0 Å². The third kappa shape index (κ3) is 4.72. The van der Waals surface area contributed by atoms with E-state index in [2.05, 4.69) is 35.8 Å². The number of ether oxygens (including phenoxy) is 1. The molecule has 0 aliphatic heterocycles. The molecular formula is C20H17N9O6. The summed E-state index contributed by atoms with van der Waals surface area (Å²) >= 11 is 0. The number of carbonyl (C=O) groups excluding carboxylic acids is 1. The number of nitrogen functional groups attached to an aromatic ring is 1. The van der Waals surface area contributed by atoms with Crippen LogP contribution in [-0.2, 0) is 0 Å². The Hall–Kier alpha value is -5.34. The fourth-order valence-electron chi connectivity index (χ4n) is 3.02. The van der Waals surface area contributed by atoms with Crippen molar-refractivity contribution < 1.29 is 24.2 Å². The number of hydrogen-bond donors (Lipinski definition) is 3. The maximum Gasteiger partial charge on any atom is 0.294 e. The van der Waals surface area contributed by atoms with E-state index in [1.54, 1.807) is 19.1 Å². The number of nitrogens with zero attached hydrogens (tertiary/aromatic N) is 7. The summed E-state index contributed by atoms with van der Waals surface area (Å²) in [6, 6.07) is 9.92. The zero-order valence-electron chi connectivity index (χ0n) is 18.0. The van der Waals surface area contributed by atoms with E-state index in [0.29, 0.717) is 17.7 Å². The van der Waals surface area contributed by atoms with Crippen molar-refractivity contribution in [3.63, 3.8) is 0 Å². The van der Waals surface area contributed by atoms with Crippen molar-refractivity contribution in [3.05, 3.63) is 63.8 Å². The molecule has 0 aliphatic carbocycles. The summed E-state index contributed by atoms with van der Waals surface area (Å²) in [5.74, 6) is -0.634. The second-order valence-electron chi connectivity index (χ2n) is 6.83. The molecule has 1 amide bonds. The Bertz CT molecular complexity index is 1410. The second kappa shape index (κ2) is 9.65. The number of aromatic nitrogens is 5. The van der Waals surface area contributed by atoms with Gasteiger partial charge in [0.25, 0.3) is 11.6 Å².